The fourth-order valence-corrected chi connectivity index (χ4v) is 1.15. The molecule has 0 radical (unpaired) electrons. The van der Waals surface area contributed by atoms with Crippen molar-refractivity contribution in [3.8, 4) is 17.7 Å². The van der Waals surface area contributed by atoms with Crippen LogP contribution >= 0.6 is 11.6 Å². The Morgan fingerprint density at radius 3 is 3.19 bits per heavy atom. The van der Waals surface area contributed by atoms with Crippen LogP contribution in [0.25, 0.3) is 10.4 Å². The number of hydrogen-bond acceptors (Lipinski definition) is 3. The zero-order valence-electron chi connectivity index (χ0n) is 8.64. The van der Waals surface area contributed by atoms with E-state index < -0.39 is 0 Å². The van der Waals surface area contributed by atoms with Gasteiger partial charge >= 0.3 is 0 Å². The second kappa shape index (κ2) is 6.57. The first-order valence-electron chi connectivity index (χ1n) is 4.47. The largest absolute Gasteiger partial charge is 0.480 e. The summed E-state index contributed by atoms with van der Waals surface area (Å²) in [6.07, 6.45) is 1.98. The van der Waals surface area contributed by atoms with Gasteiger partial charge < -0.3 is 4.74 Å². The zero-order chi connectivity index (χ0) is 11.8. The number of azide groups is 1. The van der Waals surface area contributed by atoms with Gasteiger partial charge in [0.25, 0.3) is 0 Å². The van der Waals surface area contributed by atoms with E-state index in [-0.39, 0.29) is 0 Å². The molecule has 1 heterocycles. The van der Waals surface area contributed by atoms with E-state index in [1.54, 1.807) is 6.07 Å². The molecule has 0 saturated heterocycles. The molecule has 0 N–H and O–H groups in total. The van der Waals surface area contributed by atoms with Gasteiger partial charge in [-0.1, -0.05) is 28.6 Å². The molecule has 0 spiro atoms. The summed E-state index contributed by atoms with van der Waals surface area (Å²) < 4.78 is 5.02. The third-order valence-electron chi connectivity index (χ3n) is 1.63. The lowest BCUT2D eigenvalue weighted by Gasteiger charge is -2.00. The Morgan fingerprint density at radius 1 is 1.69 bits per heavy atom. The summed E-state index contributed by atoms with van der Waals surface area (Å²) in [6, 6.07) is 1.67. The third kappa shape index (κ3) is 3.70. The van der Waals surface area contributed by atoms with Crippen molar-refractivity contribution < 1.29 is 4.74 Å². The van der Waals surface area contributed by atoms with Crippen LogP contribution in [0, 0.1) is 11.8 Å². The van der Waals surface area contributed by atoms with E-state index in [1.165, 1.54) is 13.3 Å². The highest BCUT2D eigenvalue weighted by atomic mass is 35.5. The molecule has 0 amide bonds. The summed E-state index contributed by atoms with van der Waals surface area (Å²) in [6.45, 7) is 0.347. The van der Waals surface area contributed by atoms with Crippen LogP contribution in [-0.4, -0.2) is 18.6 Å². The van der Waals surface area contributed by atoms with Gasteiger partial charge in [-0.3, -0.25) is 0 Å². The summed E-state index contributed by atoms with van der Waals surface area (Å²) >= 11 is 5.78. The van der Waals surface area contributed by atoms with E-state index >= 15 is 0 Å². The molecule has 1 aromatic heterocycles. The lowest BCUT2D eigenvalue weighted by Crippen LogP contribution is -1.91. The van der Waals surface area contributed by atoms with Crippen LogP contribution in [0.4, 0.5) is 0 Å². The van der Waals surface area contributed by atoms with Crippen molar-refractivity contribution in [2.45, 2.75) is 6.42 Å². The van der Waals surface area contributed by atoms with Crippen LogP contribution in [0.3, 0.4) is 0 Å². The minimum Gasteiger partial charge on any atom is -0.480 e. The van der Waals surface area contributed by atoms with Crippen LogP contribution < -0.4 is 4.74 Å². The molecule has 0 unspecified atom stereocenters. The first-order valence-corrected chi connectivity index (χ1v) is 4.85. The second-order valence-electron chi connectivity index (χ2n) is 2.72. The number of nitrogens with zero attached hydrogens (tertiary/aromatic N) is 4. The van der Waals surface area contributed by atoms with E-state index in [4.69, 9.17) is 21.9 Å². The Morgan fingerprint density at radius 2 is 2.50 bits per heavy atom. The highest BCUT2D eigenvalue weighted by Gasteiger charge is 2.01. The highest BCUT2D eigenvalue weighted by molar-refractivity contribution is 6.30. The maximum atomic E-state index is 8.06. The number of rotatable bonds is 3. The number of ether oxygens (including phenoxy) is 1. The molecule has 0 fully saturated rings. The first kappa shape index (κ1) is 12.2. The van der Waals surface area contributed by atoms with Gasteiger partial charge in [0.2, 0.25) is 5.88 Å². The minimum absolute atomic E-state index is 0.347. The van der Waals surface area contributed by atoms with E-state index in [2.05, 4.69) is 26.9 Å². The van der Waals surface area contributed by atoms with Gasteiger partial charge in [-0.25, -0.2) is 4.98 Å². The monoisotopic (exact) mass is 236 g/mol. The normalized spacial score (nSPS) is 8.62. The topological polar surface area (TPSA) is 70.9 Å². The fourth-order valence-electron chi connectivity index (χ4n) is 0.987. The Bertz CT molecular complexity index is 471. The quantitative estimate of drug-likeness (QED) is 0.266. The zero-order valence-corrected chi connectivity index (χ0v) is 9.40. The molecule has 1 rings (SSSR count). The predicted molar refractivity (Wildman–Crippen MR) is 61.3 cm³/mol. The third-order valence-corrected chi connectivity index (χ3v) is 1.84. The van der Waals surface area contributed by atoms with Crippen molar-refractivity contribution in [3.63, 3.8) is 0 Å². The van der Waals surface area contributed by atoms with Crippen molar-refractivity contribution in [1.82, 2.24) is 4.98 Å². The molecule has 0 aromatic carbocycles. The summed E-state index contributed by atoms with van der Waals surface area (Å²) in [7, 11) is 1.52. The molecule has 0 saturated carbocycles. The maximum Gasteiger partial charge on any atom is 0.229 e. The minimum atomic E-state index is 0.347. The van der Waals surface area contributed by atoms with Gasteiger partial charge in [-0.15, -0.1) is 0 Å². The van der Waals surface area contributed by atoms with E-state index in [9.17, 15) is 0 Å². The average Bonchev–Trinajstić information content (AvgIpc) is 2.29. The molecule has 6 heteroatoms. The first-order chi connectivity index (χ1) is 7.77. The molecular formula is C10H9ClN4O. The standard InChI is InChI=1S/C10H9ClN4O/c1-16-10-8(6-9(11)7-13-10)4-2-3-5-14-15-12/h6-7H,3,5H2,1H3. The summed E-state index contributed by atoms with van der Waals surface area (Å²) in [5, 5.41) is 3.87. The SMILES string of the molecule is COc1ncc(Cl)cc1C#CCCN=[N+]=[N-]. The van der Waals surface area contributed by atoms with Gasteiger partial charge in [0.1, 0.15) is 0 Å². The average molecular weight is 237 g/mol. The van der Waals surface area contributed by atoms with E-state index in [1.807, 2.05) is 0 Å². The van der Waals surface area contributed by atoms with Crippen LogP contribution in [0.1, 0.15) is 12.0 Å². The van der Waals surface area contributed by atoms with Gasteiger partial charge in [0.15, 0.2) is 0 Å². The Kier molecular flexibility index (Phi) is 5.00. The van der Waals surface area contributed by atoms with Crippen LogP contribution in [0.2, 0.25) is 5.02 Å². The summed E-state index contributed by atoms with van der Waals surface area (Å²) in [5.74, 6) is 6.13. The van der Waals surface area contributed by atoms with Crippen LogP contribution in [-0.2, 0) is 0 Å². The number of hydrogen-bond donors (Lipinski definition) is 0. The number of methoxy groups -OCH3 is 1. The molecule has 1 aromatic rings. The highest BCUT2D eigenvalue weighted by Crippen LogP contribution is 2.17. The van der Waals surface area contributed by atoms with Crippen molar-refractivity contribution in [3.05, 3.63) is 33.3 Å². The Balaban J connectivity index is 2.78. The Labute approximate surface area is 98.0 Å². The molecule has 0 aliphatic heterocycles. The predicted octanol–water partition coefficient (Wildman–Crippen LogP) is 2.80. The number of pyridine rings is 1. The maximum absolute atomic E-state index is 8.06. The van der Waals surface area contributed by atoms with Crippen molar-refractivity contribution in [2.24, 2.45) is 5.11 Å². The van der Waals surface area contributed by atoms with Gasteiger partial charge in [-0.05, 0) is 11.6 Å². The Hall–Kier alpha value is -1.89. The van der Waals surface area contributed by atoms with E-state index in [0.717, 1.165) is 0 Å². The molecular weight excluding hydrogens is 228 g/mol. The summed E-state index contributed by atoms with van der Waals surface area (Å²) in [4.78, 5) is 6.60. The van der Waals surface area contributed by atoms with E-state index in [0.29, 0.717) is 29.4 Å². The van der Waals surface area contributed by atoms with Gasteiger partial charge in [-0.2, -0.15) is 0 Å². The fraction of sp³-hybridized carbons (Fsp3) is 0.300. The summed E-state index contributed by atoms with van der Waals surface area (Å²) in [5.41, 5.74) is 8.69. The molecule has 0 atom stereocenters. The molecule has 0 aliphatic rings. The number of aromatic nitrogens is 1. The van der Waals surface area contributed by atoms with Crippen molar-refractivity contribution in [2.75, 3.05) is 13.7 Å². The van der Waals surface area contributed by atoms with Crippen molar-refractivity contribution in [1.29, 1.82) is 0 Å². The smallest absolute Gasteiger partial charge is 0.229 e. The van der Waals surface area contributed by atoms with Gasteiger partial charge in [0.05, 0.1) is 17.7 Å². The molecule has 0 bridgehead atoms. The van der Waals surface area contributed by atoms with Crippen LogP contribution in [0.15, 0.2) is 17.4 Å². The van der Waals surface area contributed by atoms with Gasteiger partial charge in [0, 0.05) is 24.1 Å². The molecule has 82 valence electrons. The number of halogens is 1. The molecule has 0 aliphatic carbocycles. The molecule has 16 heavy (non-hydrogen) atoms. The lowest BCUT2D eigenvalue weighted by molar-refractivity contribution is 0.396. The van der Waals surface area contributed by atoms with Crippen LogP contribution in [0.5, 0.6) is 5.88 Å². The second-order valence-corrected chi connectivity index (χ2v) is 3.15. The lowest BCUT2D eigenvalue weighted by atomic mass is 10.2. The van der Waals surface area contributed by atoms with Crippen molar-refractivity contribution >= 4 is 11.6 Å². The molecule has 5 nitrogen and oxygen atoms in total.